The molecule has 0 amide bonds. The molecule has 168 valence electrons. The molecule has 2 rings (SSSR count). The lowest BCUT2D eigenvalue weighted by Crippen LogP contribution is -2.19. The summed E-state index contributed by atoms with van der Waals surface area (Å²) in [6.07, 6.45) is 3.60. The number of carbonyl (C=O) groups is 1. The fourth-order valence-corrected chi connectivity index (χ4v) is 3.47. The first kappa shape index (κ1) is 24.5. The highest BCUT2D eigenvalue weighted by Crippen LogP contribution is 2.46. The minimum Gasteiger partial charge on any atom is -0.495 e. The van der Waals surface area contributed by atoms with Crippen LogP contribution in [0.25, 0.3) is 17.2 Å². The number of carboxylic acid groups (broad SMARTS) is 1. The molecular formula is C27H36O4. The summed E-state index contributed by atoms with van der Waals surface area (Å²) in [7, 11) is 1.61. The van der Waals surface area contributed by atoms with Crippen LogP contribution in [-0.2, 0) is 15.6 Å². The summed E-state index contributed by atoms with van der Waals surface area (Å²) in [5.41, 5.74) is 4.76. The van der Waals surface area contributed by atoms with Crippen molar-refractivity contribution in [3.05, 3.63) is 53.1 Å². The normalized spacial score (nSPS) is 12.3. The molecule has 0 heterocycles. The lowest BCUT2D eigenvalue weighted by Gasteiger charge is -2.30. The van der Waals surface area contributed by atoms with E-state index in [1.165, 1.54) is 5.56 Å². The van der Waals surface area contributed by atoms with E-state index in [9.17, 15) is 4.79 Å². The molecule has 4 heteroatoms. The van der Waals surface area contributed by atoms with Gasteiger partial charge in [-0.3, -0.25) is 0 Å². The minimum atomic E-state index is -0.996. The van der Waals surface area contributed by atoms with Crippen LogP contribution in [0.5, 0.6) is 11.5 Å². The van der Waals surface area contributed by atoms with Gasteiger partial charge in [0.1, 0.15) is 11.5 Å². The predicted molar refractivity (Wildman–Crippen MR) is 128 cm³/mol. The van der Waals surface area contributed by atoms with Gasteiger partial charge in [0, 0.05) is 28.3 Å². The summed E-state index contributed by atoms with van der Waals surface area (Å²) < 4.78 is 12.1. The standard InChI is InChI=1S/C27H36O4/c1-9-15-31-25-21(16-19(26(2,3)4)17-22(25)27(5,6)7)20-12-10-11-18(24(20)30-8)13-14-23(28)29/h10-14,16-17H,9,15H2,1-8H3,(H,28,29). The van der Waals surface area contributed by atoms with Gasteiger partial charge in [-0.15, -0.1) is 0 Å². The van der Waals surface area contributed by atoms with Gasteiger partial charge < -0.3 is 14.6 Å². The highest BCUT2D eigenvalue weighted by molar-refractivity contribution is 5.88. The number of hydrogen-bond donors (Lipinski definition) is 1. The van der Waals surface area contributed by atoms with Crippen LogP contribution in [0.4, 0.5) is 0 Å². The second kappa shape index (κ2) is 9.59. The largest absolute Gasteiger partial charge is 0.495 e. The van der Waals surface area contributed by atoms with Crippen molar-refractivity contribution in [2.75, 3.05) is 13.7 Å². The van der Waals surface area contributed by atoms with Gasteiger partial charge in [-0.1, -0.05) is 72.7 Å². The average molecular weight is 425 g/mol. The first-order valence-corrected chi connectivity index (χ1v) is 10.8. The smallest absolute Gasteiger partial charge is 0.328 e. The van der Waals surface area contributed by atoms with Crippen LogP contribution in [-0.4, -0.2) is 24.8 Å². The molecule has 31 heavy (non-hydrogen) atoms. The summed E-state index contributed by atoms with van der Waals surface area (Å²) in [6.45, 7) is 15.9. The third-order valence-electron chi connectivity index (χ3n) is 5.16. The van der Waals surface area contributed by atoms with Crippen LogP contribution in [0.15, 0.2) is 36.4 Å². The third-order valence-corrected chi connectivity index (χ3v) is 5.16. The van der Waals surface area contributed by atoms with E-state index in [2.05, 4.69) is 60.6 Å². The highest BCUT2D eigenvalue weighted by Gasteiger charge is 2.27. The molecule has 2 aromatic rings. The Balaban J connectivity index is 2.91. The van der Waals surface area contributed by atoms with Crippen molar-refractivity contribution in [1.29, 1.82) is 0 Å². The number of hydrogen-bond acceptors (Lipinski definition) is 3. The SMILES string of the molecule is CCCOc1c(-c2cccc(C=CC(=O)O)c2OC)cc(C(C)(C)C)cc1C(C)(C)C. The Bertz CT molecular complexity index is 956. The second-order valence-corrected chi connectivity index (χ2v) is 9.85. The van der Waals surface area contributed by atoms with E-state index in [4.69, 9.17) is 14.6 Å². The van der Waals surface area contributed by atoms with Crippen LogP contribution in [0.3, 0.4) is 0 Å². The predicted octanol–water partition coefficient (Wildman–Crippen LogP) is 6.84. The van der Waals surface area contributed by atoms with Crippen LogP contribution < -0.4 is 9.47 Å². The fraction of sp³-hybridized carbons (Fsp3) is 0.444. The number of para-hydroxylation sites is 1. The topological polar surface area (TPSA) is 55.8 Å². The van der Waals surface area contributed by atoms with Gasteiger partial charge in [0.25, 0.3) is 0 Å². The first-order chi connectivity index (χ1) is 14.4. The maximum atomic E-state index is 11.1. The first-order valence-electron chi connectivity index (χ1n) is 10.8. The molecule has 0 aliphatic rings. The van der Waals surface area contributed by atoms with Crippen LogP contribution >= 0.6 is 0 Å². The van der Waals surface area contributed by atoms with Gasteiger partial charge in [-0.05, 0) is 35.0 Å². The van der Waals surface area contributed by atoms with Crippen molar-refractivity contribution in [2.24, 2.45) is 0 Å². The Kier molecular flexibility index (Phi) is 7.58. The zero-order valence-corrected chi connectivity index (χ0v) is 20.1. The molecular weight excluding hydrogens is 388 g/mol. The molecule has 0 unspecified atom stereocenters. The van der Waals surface area contributed by atoms with Gasteiger partial charge in [-0.25, -0.2) is 4.79 Å². The molecule has 0 saturated carbocycles. The molecule has 0 radical (unpaired) electrons. The zero-order chi connectivity index (χ0) is 23.4. The molecule has 2 aromatic carbocycles. The van der Waals surface area contributed by atoms with Gasteiger partial charge in [0.2, 0.25) is 0 Å². The maximum Gasteiger partial charge on any atom is 0.328 e. The van der Waals surface area contributed by atoms with Crippen molar-refractivity contribution in [3.8, 4) is 22.6 Å². The molecule has 0 aliphatic carbocycles. The lowest BCUT2D eigenvalue weighted by atomic mass is 9.78. The van der Waals surface area contributed by atoms with Gasteiger partial charge in [0.15, 0.2) is 0 Å². The molecule has 0 aliphatic heterocycles. The Morgan fingerprint density at radius 1 is 1.00 bits per heavy atom. The molecule has 0 saturated heterocycles. The van der Waals surface area contributed by atoms with E-state index >= 15 is 0 Å². The highest BCUT2D eigenvalue weighted by atomic mass is 16.5. The summed E-state index contributed by atoms with van der Waals surface area (Å²) in [5.74, 6) is 0.497. The quantitative estimate of drug-likeness (QED) is 0.494. The number of carboxylic acids is 1. The number of benzene rings is 2. The number of methoxy groups -OCH3 is 1. The monoisotopic (exact) mass is 424 g/mol. The van der Waals surface area contributed by atoms with Crippen molar-refractivity contribution in [3.63, 3.8) is 0 Å². The molecule has 0 fully saturated rings. The molecule has 0 spiro atoms. The Labute approximate surface area is 186 Å². The van der Waals surface area contributed by atoms with Gasteiger partial charge in [0.05, 0.1) is 13.7 Å². The van der Waals surface area contributed by atoms with Gasteiger partial charge >= 0.3 is 5.97 Å². The van der Waals surface area contributed by atoms with Crippen molar-refractivity contribution in [2.45, 2.75) is 65.7 Å². The van der Waals surface area contributed by atoms with Crippen LogP contribution in [0.1, 0.15) is 71.6 Å². The summed E-state index contributed by atoms with van der Waals surface area (Å²) in [4.78, 5) is 11.1. The van der Waals surface area contributed by atoms with Crippen LogP contribution in [0.2, 0.25) is 0 Å². The Hall–Kier alpha value is -2.75. The molecule has 4 nitrogen and oxygen atoms in total. The van der Waals surface area contributed by atoms with Crippen molar-refractivity contribution >= 4 is 12.0 Å². The maximum absolute atomic E-state index is 11.1. The minimum absolute atomic E-state index is 0.0495. The molecule has 0 aromatic heterocycles. The van der Waals surface area contributed by atoms with Gasteiger partial charge in [-0.2, -0.15) is 0 Å². The fourth-order valence-electron chi connectivity index (χ4n) is 3.47. The Morgan fingerprint density at radius 3 is 2.19 bits per heavy atom. The molecule has 1 N–H and O–H groups in total. The second-order valence-electron chi connectivity index (χ2n) is 9.85. The van der Waals surface area contributed by atoms with E-state index in [0.29, 0.717) is 17.9 Å². The molecule has 0 bridgehead atoms. The van der Waals surface area contributed by atoms with E-state index in [1.54, 1.807) is 13.2 Å². The van der Waals surface area contributed by atoms with Crippen molar-refractivity contribution < 1.29 is 19.4 Å². The zero-order valence-electron chi connectivity index (χ0n) is 20.1. The molecule has 0 atom stereocenters. The average Bonchev–Trinajstić information content (AvgIpc) is 2.68. The van der Waals surface area contributed by atoms with E-state index in [-0.39, 0.29) is 10.8 Å². The summed E-state index contributed by atoms with van der Waals surface area (Å²) >= 11 is 0. The number of aliphatic carboxylic acids is 1. The van der Waals surface area contributed by atoms with E-state index in [1.807, 2.05) is 18.2 Å². The lowest BCUT2D eigenvalue weighted by molar-refractivity contribution is -0.131. The number of rotatable bonds is 7. The summed E-state index contributed by atoms with van der Waals surface area (Å²) in [5, 5.41) is 9.07. The Morgan fingerprint density at radius 2 is 1.68 bits per heavy atom. The van der Waals surface area contributed by atoms with Crippen LogP contribution in [0, 0.1) is 0 Å². The van der Waals surface area contributed by atoms with Crippen molar-refractivity contribution in [1.82, 2.24) is 0 Å². The van der Waals surface area contributed by atoms with E-state index < -0.39 is 5.97 Å². The summed E-state index contributed by atoms with van der Waals surface area (Å²) in [6, 6.07) is 10.2. The van der Waals surface area contributed by atoms with E-state index in [0.717, 1.165) is 34.9 Å². The third kappa shape index (κ3) is 5.90. The number of ether oxygens (including phenoxy) is 2.